The van der Waals surface area contributed by atoms with Crippen LogP contribution in [0.25, 0.3) is 0 Å². The lowest BCUT2D eigenvalue weighted by Gasteiger charge is -2.10. The first-order valence-electron chi connectivity index (χ1n) is 6.49. The fraction of sp³-hybridized carbons (Fsp3) is 0.312. The summed E-state index contributed by atoms with van der Waals surface area (Å²) in [5.74, 6) is 0.600. The number of methoxy groups -OCH3 is 1. The minimum atomic E-state index is -0.338. The number of aliphatic hydroxyl groups excluding tert-OH is 1. The summed E-state index contributed by atoms with van der Waals surface area (Å²) in [4.78, 5) is 4.14. The van der Waals surface area contributed by atoms with Crippen LogP contribution in [0.3, 0.4) is 0 Å². The van der Waals surface area contributed by atoms with Gasteiger partial charge in [0.05, 0.1) is 13.2 Å². The molecule has 0 aliphatic rings. The van der Waals surface area contributed by atoms with Gasteiger partial charge >= 0.3 is 0 Å². The number of aromatic nitrogens is 1. The van der Waals surface area contributed by atoms with E-state index in [2.05, 4.69) is 17.1 Å². The number of rotatable bonds is 6. The minimum absolute atomic E-state index is 0.338. The topological polar surface area (TPSA) is 42.4 Å². The molecule has 19 heavy (non-hydrogen) atoms. The van der Waals surface area contributed by atoms with Gasteiger partial charge in [0.15, 0.2) is 0 Å². The van der Waals surface area contributed by atoms with Gasteiger partial charge in [-0.15, -0.1) is 0 Å². The first-order chi connectivity index (χ1) is 9.28. The van der Waals surface area contributed by atoms with Crippen molar-refractivity contribution in [3.05, 3.63) is 59.8 Å². The fourth-order valence-electron chi connectivity index (χ4n) is 2.00. The number of hydrogen-bond donors (Lipinski definition) is 1. The van der Waals surface area contributed by atoms with Crippen molar-refractivity contribution < 1.29 is 9.84 Å². The second-order valence-corrected chi connectivity index (χ2v) is 4.59. The molecule has 2 aromatic rings. The van der Waals surface area contributed by atoms with Crippen molar-refractivity contribution in [3.63, 3.8) is 0 Å². The Morgan fingerprint density at radius 3 is 2.53 bits per heavy atom. The van der Waals surface area contributed by atoms with Gasteiger partial charge in [-0.05, 0) is 30.4 Å². The molecule has 1 unspecified atom stereocenters. The minimum Gasteiger partial charge on any atom is -0.481 e. The van der Waals surface area contributed by atoms with E-state index in [0.29, 0.717) is 12.3 Å². The number of pyridine rings is 1. The molecular formula is C16H19NO2. The van der Waals surface area contributed by atoms with Crippen LogP contribution in [0.1, 0.15) is 17.5 Å². The quantitative estimate of drug-likeness (QED) is 0.865. The second-order valence-electron chi connectivity index (χ2n) is 4.59. The highest BCUT2D eigenvalue weighted by Crippen LogP contribution is 2.12. The van der Waals surface area contributed by atoms with Crippen LogP contribution in [0.5, 0.6) is 5.88 Å². The fourth-order valence-corrected chi connectivity index (χ4v) is 2.00. The first-order valence-corrected chi connectivity index (χ1v) is 6.49. The van der Waals surface area contributed by atoms with Crippen LogP contribution in [0, 0.1) is 0 Å². The van der Waals surface area contributed by atoms with Crippen molar-refractivity contribution in [1.29, 1.82) is 0 Å². The summed E-state index contributed by atoms with van der Waals surface area (Å²) in [6.45, 7) is 0. The van der Waals surface area contributed by atoms with E-state index in [-0.39, 0.29) is 6.10 Å². The Hall–Kier alpha value is -1.87. The maximum absolute atomic E-state index is 10.0. The molecule has 0 spiro atoms. The zero-order valence-electron chi connectivity index (χ0n) is 11.1. The summed E-state index contributed by atoms with van der Waals surface area (Å²) in [5.41, 5.74) is 2.29. The molecule has 1 atom stereocenters. The first kappa shape index (κ1) is 13.6. The molecule has 0 aliphatic carbocycles. The van der Waals surface area contributed by atoms with Crippen LogP contribution >= 0.6 is 0 Å². The molecule has 1 N–H and O–H groups in total. The van der Waals surface area contributed by atoms with Crippen LogP contribution in [0.2, 0.25) is 0 Å². The molecule has 2 rings (SSSR count). The summed E-state index contributed by atoms with van der Waals surface area (Å²) in [6.07, 6.45) is 3.70. The Morgan fingerprint density at radius 1 is 1.11 bits per heavy atom. The zero-order valence-corrected chi connectivity index (χ0v) is 11.1. The Labute approximate surface area is 113 Å². The molecule has 1 aromatic carbocycles. The normalized spacial score (nSPS) is 12.1. The smallest absolute Gasteiger partial charge is 0.212 e. The molecule has 0 amide bonds. The Bertz CT molecular complexity index is 482. The summed E-state index contributed by atoms with van der Waals surface area (Å²) >= 11 is 0. The van der Waals surface area contributed by atoms with Gasteiger partial charge < -0.3 is 9.84 Å². The molecule has 3 heteroatoms. The molecule has 0 aliphatic heterocycles. The third-order valence-electron chi connectivity index (χ3n) is 3.09. The molecule has 0 fully saturated rings. The van der Waals surface area contributed by atoms with E-state index in [1.54, 1.807) is 13.3 Å². The lowest BCUT2D eigenvalue weighted by atomic mass is 10.0. The highest BCUT2D eigenvalue weighted by atomic mass is 16.5. The summed E-state index contributed by atoms with van der Waals surface area (Å²) in [7, 11) is 1.59. The predicted molar refractivity (Wildman–Crippen MR) is 75.3 cm³/mol. The third kappa shape index (κ3) is 4.38. The van der Waals surface area contributed by atoms with Crippen LogP contribution in [-0.4, -0.2) is 23.3 Å². The van der Waals surface area contributed by atoms with E-state index in [1.165, 1.54) is 5.56 Å². The lowest BCUT2D eigenvalue weighted by Crippen LogP contribution is -2.11. The van der Waals surface area contributed by atoms with E-state index in [0.717, 1.165) is 18.4 Å². The molecule has 1 aromatic heterocycles. The van der Waals surface area contributed by atoms with Crippen molar-refractivity contribution in [2.75, 3.05) is 7.11 Å². The summed E-state index contributed by atoms with van der Waals surface area (Å²) in [6, 6.07) is 14.0. The van der Waals surface area contributed by atoms with Crippen molar-refractivity contribution >= 4 is 0 Å². The number of benzene rings is 1. The van der Waals surface area contributed by atoms with Crippen molar-refractivity contribution in [2.45, 2.75) is 25.4 Å². The van der Waals surface area contributed by atoms with Crippen LogP contribution in [0.4, 0.5) is 0 Å². The number of nitrogens with zero attached hydrogens (tertiary/aromatic N) is 1. The average molecular weight is 257 g/mol. The van der Waals surface area contributed by atoms with Crippen LogP contribution < -0.4 is 4.74 Å². The largest absolute Gasteiger partial charge is 0.481 e. The zero-order chi connectivity index (χ0) is 13.5. The number of hydrogen-bond acceptors (Lipinski definition) is 3. The number of aryl methyl sites for hydroxylation is 1. The third-order valence-corrected chi connectivity index (χ3v) is 3.09. The van der Waals surface area contributed by atoms with Gasteiger partial charge in [0, 0.05) is 12.3 Å². The SMILES string of the molecule is COc1ccc(CC(O)CCc2ccccc2)cn1. The van der Waals surface area contributed by atoms with E-state index in [9.17, 15) is 5.11 Å². The van der Waals surface area contributed by atoms with E-state index >= 15 is 0 Å². The summed E-state index contributed by atoms with van der Waals surface area (Å²) < 4.78 is 5.01. The van der Waals surface area contributed by atoms with E-state index < -0.39 is 0 Å². The number of ether oxygens (including phenoxy) is 1. The maximum Gasteiger partial charge on any atom is 0.212 e. The molecule has 3 nitrogen and oxygen atoms in total. The molecule has 0 bridgehead atoms. The van der Waals surface area contributed by atoms with Gasteiger partial charge in [-0.2, -0.15) is 0 Å². The predicted octanol–water partition coefficient (Wildman–Crippen LogP) is 2.63. The standard InChI is InChI=1S/C16H19NO2/c1-19-16-10-8-14(12-17-16)11-15(18)9-7-13-5-3-2-4-6-13/h2-6,8,10,12,15,18H,7,9,11H2,1H3. The Balaban J connectivity index is 1.82. The molecule has 0 saturated heterocycles. The molecule has 100 valence electrons. The van der Waals surface area contributed by atoms with Gasteiger partial charge in [0.25, 0.3) is 0 Å². The van der Waals surface area contributed by atoms with Gasteiger partial charge in [0.2, 0.25) is 5.88 Å². The van der Waals surface area contributed by atoms with Gasteiger partial charge in [0.1, 0.15) is 0 Å². The Morgan fingerprint density at radius 2 is 1.89 bits per heavy atom. The second kappa shape index (κ2) is 6.90. The molecule has 0 saturated carbocycles. The van der Waals surface area contributed by atoms with E-state index in [1.807, 2.05) is 30.3 Å². The van der Waals surface area contributed by atoms with Gasteiger partial charge in [-0.3, -0.25) is 0 Å². The summed E-state index contributed by atoms with van der Waals surface area (Å²) in [5, 5.41) is 10.0. The van der Waals surface area contributed by atoms with E-state index in [4.69, 9.17) is 4.74 Å². The molecule has 1 heterocycles. The van der Waals surface area contributed by atoms with Crippen molar-refractivity contribution in [1.82, 2.24) is 4.98 Å². The van der Waals surface area contributed by atoms with Crippen molar-refractivity contribution in [2.24, 2.45) is 0 Å². The molecular weight excluding hydrogens is 238 g/mol. The average Bonchev–Trinajstić information content (AvgIpc) is 2.47. The highest BCUT2D eigenvalue weighted by Gasteiger charge is 2.06. The monoisotopic (exact) mass is 257 g/mol. The highest BCUT2D eigenvalue weighted by molar-refractivity contribution is 5.19. The number of aliphatic hydroxyl groups is 1. The van der Waals surface area contributed by atoms with Crippen molar-refractivity contribution in [3.8, 4) is 5.88 Å². The van der Waals surface area contributed by atoms with Gasteiger partial charge in [-0.25, -0.2) is 4.98 Å². The molecule has 0 radical (unpaired) electrons. The van der Waals surface area contributed by atoms with Crippen LogP contribution in [0.15, 0.2) is 48.7 Å². The maximum atomic E-state index is 10.0. The van der Waals surface area contributed by atoms with Gasteiger partial charge in [-0.1, -0.05) is 36.4 Å². The lowest BCUT2D eigenvalue weighted by molar-refractivity contribution is 0.165. The van der Waals surface area contributed by atoms with Crippen LogP contribution in [-0.2, 0) is 12.8 Å². The Kier molecular flexibility index (Phi) is 4.93.